The fourth-order valence-corrected chi connectivity index (χ4v) is 2.82. The smallest absolute Gasteiger partial charge is 0.0566 e. The molecule has 0 saturated heterocycles. The van der Waals surface area contributed by atoms with Crippen molar-refractivity contribution in [2.75, 3.05) is 0 Å². The third-order valence-electron chi connectivity index (χ3n) is 2.77. The normalized spacial score (nSPS) is 9.50. The van der Waals surface area contributed by atoms with Crippen LogP contribution < -0.4 is 0 Å². The zero-order valence-electron chi connectivity index (χ0n) is 13.4. The standard InChI is InChI=1S/C14H13NS.2C2H6.H2/c1-9-3-4-11-7-13(15-12(11)5-9)14-6-10(2)8-16-14;2*1-2;/h3-8,15H,1-2H3;2*1-2H3;1H. The Hall–Kier alpha value is -1.54. The van der Waals surface area contributed by atoms with E-state index in [1.54, 1.807) is 11.3 Å². The predicted molar refractivity (Wildman–Crippen MR) is 95.9 cm³/mol. The van der Waals surface area contributed by atoms with E-state index in [0.29, 0.717) is 0 Å². The average molecular weight is 289 g/mol. The molecule has 0 radical (unpaired) electrons. The highest BCUT2D eigenvalue weighted by Gasteiger charge is 2.04. The molecule has 0 aliphatic carbocycles. The third kappa shape index (κ3) is 3.73. The van der Waals surface area contributed by atoms with Crippen molar-refractivity contribution in [3.8, 4) is 10.6 Å². The molecule has 0 aliphatic heterocycles. The molecule has 0 amide bonds. The highest BCUT2D eigenvalue weighted by molar-refractivity contribution is 7.13. The molecule has 3 aromatic rings. The van der Waals surface area contributed by atoms with E-state index < -0.39 is 0 Å². The zero-order chi connectivity index (χ0) is 15.1. The number of fused-ring (bicyclic) bond motifs is 1. The lowest BCUT2D eigenvalue weighted by atomic mass is 10.2. The molecule has 0 fully saturated rings. The number of thiophene rings is 1. The molecule has 20 heavy (non-hydrogen) atoms. The van der Waals surface area contributed by atoms with E-state index >= 15 is 0 Å². The Morgan fingerprint density at radius 1 is 0.900 bits per heavy atom. The van der Waals surface area contributed by atoms with Crippen LogP contribution in [0.4, 0.5) is 0 Å². The SMILES string of the molecule is CC.CC.Cc1csc(-c2cc3ccc(C)cc3[nH]2)c1.[HH]. The van der Waals surface area contributed by atoms with Gasteiger partial charge >= 0.3 is 0 Å². The predicted octanol–water partition coefficient (Wildman–Crippen LogP) is 6.81. The van der Waals surface area contributed by atoms with Gasteiger partial charge in [-0.15, -0.1) is 11.3 Å². The first-order valence-electron chi connectivity index (χ1n) is 7.37. The quantitative estimate of drug-likeness (QED) is 0.506. The van der Waals surface area contributed by atoms with E-state index in [-0.39, 0.29) is 1.43 Å². The molecule has 1 nitrogen and oxygen atoms in total. The number of H-pyrrole nitrogens is 1. The van der Waals surface area contributed by atoms with E-state index in [2.05, 4.69) is 54.5 Å². The van der Waals surface area contributed by atoms with Crippen LogP contribution in [0.2, 0.25) is 0 Å². The Balaban J connectivity index is 0.000000741. The number of aromatic amines is 1. The van der Waals surface area contributed by atoms with Crippen molar-refractivity contribution < 1.29 is 1.43 Å². The van der Waals surface area contributed by atoms with Gasteiger partial charge in [0.05, 0.1) is 10.6 Å². The fourth-order valence-electron chi connectivity index (χ4n) is 1.95. The van der Waals surface area contributed by atoms with Crippen molar-refractivity contribution in [2.24, 2.45) is 0 Å². The van der Waals surface area contributed by atoms with Crippen LogP contribution >= 0.6 is 11.3 Å². The molecule has 0 bridgehead atoms. The molecular formula is C18H27NS. The zero-order valence-corrected chi connectivity index (χ0v) is 14.2. The van der Waals surface area contributed by atoms with E-state index in [1.807, 2.05) is 27.7 Å². The molecule has 0 atom stereocenters. The molecule has 110 valence electrons. The summed E-state index contributed by atoms with van der Waals surface area (Å²) >= 11 is 1.79. The van der Waals surface area contributed by atoms with Gasteiger partial charge in [0.15, 0.2) is 0 Å². The van der Waals surface area contributed by atoms with Gasteiger partial charge in [0.1, 0.15) is 0 Å². The second-order valence-corrected chi connectivity index (χ2v) is 5.17. The Kier molecular flexibility index (Phi) is 6.53. The van der Waals surface area contributed by atoms with Gasteiger partial charge in [0.25, 0.3) is 0 Å². The fraction of sp³-hybridized carbons (Fsp3) is 0.333. The lowest BCUT2D eigenvalue weighted by Gasteiger charge is -1.91. The Morgan fingerprint density at radius 2 is 1.60 bits per heavy atom. The maximum absolute atomic E-state index is 3.48. The van der Waals surface area contributed by atoms with E-state index in [4.69, 9.17) is 0 Å². The summed E-state index contributed by atoms with van der Waals surface area (Å²) in [7, 11) is 0. The summed E-state index contributed by atoms with van der Waals surface area (Å²) < 4.78 is 0. The Morgan fingerprint density at radius 3 is 2.20 bits per heavy atom. The minimum Gasteiger partial charge on any atom is -0.354 e. The van der Waals surface area contributed by atoms with Crippen LogP contribution in [-0.4, -0.2) is 4.98 Å². The molecule has 2 heterocycles. The number of hydrogen-bond donors (Lipinski definition) is 1. The van der Waals surface area contributed by atoms with Crippen LogP contribution in [0.15, 0.2) is 35.7 Å². The van der Waals surface area contributed by atoms with Gasteiger partial charge < -0.3 is 4.98 Å². The lowest BCUT2D eigenvalue weighted by Crippen LogP contribution is -1.72. The van der Waals surface area contributed by atoms with Crippen molar-refractivity contribution in [3.05, 3.63) is 46.8 Å². The number of hydrogen-bond acceptors (Lipinski definition) is 1. The van der Waals surface area contributed by atoms with Crippen molar-refractivity contribution in [2.45, 2.75) is 41.5 Å². The molecule has 2 heteroatoms. The second-order valence-electron chi connectivity index (χ2n) is 4.26. The van der Waals surface area contributed by atoms with Crippen molar-refractivity contribution in [3.63, 3.8) is 0 Å². The molecule has 3 rings (SSSR count). The Labute approximate surface area is 128 Å². The van der Waals surface area contributed by atoms with Crippen molar-refractivity contribution in [1.29, 1.82) is 0 Å². The first kappa shape index (κ1) is 16.5. The van der Waals surface area contributed by atoms with Crippen LogP contribution in [0.5, 0.6) is 0 Å². The summed E-state index contributed by atoms with van der Waals surface area (Å²) in [6, 6.07) is 11.0. The number of aryl methyl sites for hydroxylation is 2. The van der Waals surface area contributed by atoms with E-state index in [9.17, 15) is 0 Å². The van der Waals surface area contributed by atoms with Crippen LogP contribution in [0.3, 0.4) is 0 Å². The number of benzene rings is 1. The molecule has 1 aromatic carbocycles. The second kappa shape index (κ2) is 7.91. The summed E-state index contributed by atoms with van der Waals surface area (Å²) in [6.45, 7) is 12.3. The minimum absolute atomic E-state index is 0. The lowest BCUT2D eigenvalue weighted by molar-refractivity contribution is 1.44. The van der Waals surface area contributed by atoms with Crippen molar-refractivity contribution in [1.82, 2.24) is 4.98 Å². The first-order chi connectivity index (χ1) is 9.72. The van der Waals surface area contributed by atoms with Crippen LogP contribution in [0, 0.1) is 13.8 Å². The first-order valence-corrected chi connectivity index (χ1v) is 8.25. The maximum atomic E-state index is 3.48. The van der Waals surface area contributed by atoms with Crippen LogP contribution in [0.25, 0.3) is 21.5 Å². The van der Waals surface area contributed by atoms with Crippen LogP contribution in [0.1, 0.15) is 40.2 Å². The summed E-state index contributed by atoms with van der Waals surface area (Å²) in [4.78, 5) is 4.79. The average Bonchev–Trinajstić information content (AvgIpc) is 3.08. The molecule has 1 N–H and O–H groups in total. The number of rotatable bonds is 1. The molecule has 0 unspecified atom stereocenters. The van der Waals surface area contributed by atoms with Gasteiger partial charge in [0.2, 0.25) is 0 Å². The summed E-state index contributed by atoms with van der Waals surface area (Å²) in [5, 5.41) is 3.47. The monoisotopic (exact) mass is 289 g/mol. The van der Waals surface area contributed by atoms with E-state index in [1.165, 1.54) is 32.6 Å². The van der Waals surface area contributed by atoms with Gasteiger partial charge in [-0.05, 0) is 48.6 Å². The third-order valence-corrected chi connectivity index (χ3v) is 3.86. The van der Waals surface area contributed by atoms with Crippen molar-refractivity contribution >= 4 is 22.2 Å². The molecule has 0 spiro atoms. The topological polar surface area (TPSA) is 15.8 Å². The van der Waals surface area contributed by atoms with Gasteiger partial charge in [0, 0.05) is 12.3 Å². The van der Waals surface area contributed by atoms with Gasteiger partial charge in [-0.3, -0.25) is 0 Å². The van der Waals surface area contributed by atoms with E-state index in [0.717, 1.165) is 0 Å². The molecule has 0 saturated carbocycles. The van der Waals surface area contributed by atoms with Crippen LogP contribution in [-0.2, 0) is 0 Å². The highest BCUT2D eigenvalue weighted by atomic mass is 32.1. The largest absolute Gasteiger partial charge is 0.354 e. The number of nitrogens with one attached hydrogen (secondary N) is 1. The highest BCUT2D eigenvalue weighted by Crippen LogP contribution is 2.29. The number of aromatic nitrogens is 1. The van der Waals surface area contributed by atoms with Gasteiger partial charge in [-0.25, -0.2) is 0 Å². The summed E-state index contributed by atoms with van der Waals surface area (Å²) in [5.74, 6) is 0. The molecular weight excluding hydrogens is 262 g/mol. The minimum atomic E-state index is 0. The van der Waals surface area contributed by atoms with Gasteiger partial charge in [-0.2, -0.15) is 0 Å². The molecule has 0 aliphatic rings. The maximum Gasteiger partial charge on any atom is 0.0566 e. The Bertz CT molecular complexity index is 652. The summed E-state index contributed by atoms with van der Waals surface area (Å²) in [5.41, 5.74) is 5.07. The molecule has 2 aromatic heterocycles. The summed E-state index contributed by atoms with van der Waals surface area (Å²) in [6.07, 6.45) is 0. The van der Waals surface area contributed by atoms with Gasteiger partial charge in [-0.1, -0.05) is 39.8 Å².